The molecule has 1 aromatic rings. The zero-order valence-electron chi connectivity index (χ0n) is 12.7. The number of halogens is 1. The number of amides is 1. The summed E-state index contributed by atoms with van der Waals surface area (Å²) in [6.45, 7) is 6.81. The Morgan fingerprint density at radius 3 is 2.76 bits per heavy atom. The smallest absolute Gasteiger partial charge is 0.409 e. The van der Waals surface area contributed by atoms with E-state index in [0.717, 1.165) is 36.9 Å². The third-order valence-corrected chi connectivity index (χ3v) is 4.73. The van der Waals surface area contributed by atoms with Crippen LogP contribution in [0.25, 0.3) is 0 Å². The van der Waals surface area contributed by atoms with E-state index in [2.05, 4.69) is 46.4 Å². The van der Waals surface area contributed by atoms with Crippen molar-refractivity contribution in [3.8, 4) is 0 Å². The van der Waals surface area contributed by atoms with E-state index in [1.807, 2.05) is 6.92 Å². The summed E-state index contributed by atoms with van der Waals surface area (Å²) in [6.07, 6.45) is 1.78. The molecule has 2 rings (SSSR count). The van der Waals surface area contributed by atoms with Gasteiger partial charge in [0.1, 0.15) is 0 Å². The van der Waals surface area contributed by atoms with Crippen molar-refractivity contribution in [3.05, 3.63) is 33.8 Å². The number of likely N-dealkylation sites (tertiary alicyclic amines) is 1. The van der Waals surface area contributed by atoms with Crippen molar-refractivity contribution >= 4 is 22.0 Å². The zero-order valence-corrected chi connectivity index (χ0v) is 14.3. The minimum absolute atomic E-state index is 0.181. The van der Waals surface area contributed by atoms with Crippen LogP contribution in [-0.4, -0.2) is 36.7 Å². The van der Waals surface area contributed by atoms with Crippen LogP contribution in [0.2, 0.25) is 0 Å². The fourth-order valence-electron chi connectivity index (χ4n) is 2.56. The Bertz CT molecular complexity index is 485. The monoisotopic (exact) mass is 354 g/mol. The van der Waals surface area contributed by atoms with Crippen LogP contribution in [0.4, 0.5) is 4.79 Å². The number of carbonyl (C=O) groups excluding carboxylic acids is 1. The predicted octanol–water partition coefficient (Wildman–Crippen LogP) is 3.47. The molecule has 4 nitrogen and oxygen atoms in total. The lowest BCUT2D eigenvalue weighted by Crippen LogP contribution is -2.44. The molecular weight excluding hydrogens is 332 g/mol. The van der Waals surface area contributed by atoms with E-state index < -0.39 is 0 Å². The lowest BCUT2D eigenvalue weighted by Gasteiger charge is -2.31. The molecule has 5 heteroatoms. The number of ether oxygens (including phenoxy) is 1. The molecule has 1 heterocycles. The molecule has 0 bridgehead atoms. The van der Waals surface area contributed by atoms with Crippen molar-refractivity contribution in [1.82, 2.24) is 10.2 Å². The lowest BCUT2D eigenvalue weighted by molar-refractivity contribution is 0.0950. The summed E-state index contributed by atoms with van der Waals surface area (Å²) in [5.41, 5.74) is 2.55. The second-order valence-corrected chi connectivity index (χ2v) is 6.28. The molecule has 1 aromatic carbocycles. The van der Waals surface area contributed by atoms with Gasteiger partial charge in [-0.15, -0.1) is 0 Å². The van der Waals surface area contributed by atoms with Crippen LogP contribution in [0.1, 0.15) is 30.9 Å². The van der Waals surface area contributed by atoms with E-state index in [-0.39, 0.29) is 6.09 Å². The molecule has 0 saturated carbocycles. The van der Waals surface area contributed by atoms with Crippen LogP contribution in [0.3, 0.4) is 0 Å². The number of hydrogen-bond donors (Lipinski definition) is 1. The van der Waals surface area contributed by atoms with Gasteiger partial charge < -0.3 is 15.0 Å². The van der Waals surface area contributed by atoms with Gasteiger partial charge in [-0.25, -0.2) is 4.79 Å². The molecule has 116 valence electrons. The van der Waals surface area contributed by atoms with Gasteiger partial charge in [-0.1, -0.05) is 28.1 Å². The van der Waals surface area contributed by atoms with Crippen LogP contribution in [-0.2, 0) is 11.3 Å². The highest BCUT2D eigenvalue weighted by Gasteiger charge is 2.23. The summed E-state index contributed by atoms with van der Waals surface area (Å²) in [5.74, 6) is 0. The molecule has 1 aliphatic rings. The molecule has 0 spiro atoms. The van der Waals surface area contributed by atoms with Gasteiger partial charge in [0.2, 0.25) is 0 Å². The third kappa shape index (κ3) is 4.71. The summed E-state index contributed by atoms with van der Waals surface area (Å²) < 4.78 is 6.18. The molecule has 1 saturated heterocycles. The molecule has 1 aliphatic heterocycles. The first-order chi connectivity index (χ1) is 10.1. The molecule has 0 aliphatic carbocycles. The molecule has 21 heavy (non-hydrogen) atoms. The van der Waals surface area contributed by atoms with Crippen LogP contribution >= 0.6 is 15.9 Å². The molecule has 0 atom stereocenters. The van der Waals surface area contributed by atoms with Crippen LogP contribution < -0.4 is 5.32 Å². The van der Waals surface area contributed by atoms with Gasteiger partial charge in [0.25, 0.3) is 0 Å². The van der Waals surface area contributed by atoms with E-state index in [1.54, 1.807) is 4.90 Å². The topological polar surface area (TPSA) is 41.6 Å². The Hall–Kier alpha value is -1.07. The fourth-order valence-corrected chi connectivity index (χ4v) is 2.81. The normalized spacial score (nSPS) is 16.0. The first-order valence-electron chi connectivity index (χ1n) is 7.50. The highest BCUT2D eigenvalue weighted by atomic mass is 79.9. The number of piperidine rings is 1. The standard InChI is InChI=1S/C16H23BrN2O2/c1-3-21-16(20)19-8-6-14(7-9-19)18-11-13-4-5-15(17)12(2)10-13/h4-5,10,14,18H,3,6-9,11H2,1-2H3. The van der Waals surface area contributed by atoms with Crippen molar-refractivity contribution in [2.24, 2.45) is 0 Å². The van der Waals surface area contributed by atoms with E-state index in [1.165, 1.54) is 11.1 Å². The molecule has 1 amide bonds. The average Bonchev–Trinajstić information content (AvgIpc) is 2.49. The van der Waals surface area contributed by atoms with Crippen LogP contribution in [0.5, 0.6) is 0 Å². The first kappa shape index (κ1) is 16.3. The Morgan fingerprint density at radius 1 is 1.43 bits per heavy atom. The Labute approximate surface area is 135 Å². The Balaban J connectivity index is 1.76. The highest BCUT2D eigenvalue weighted by Crippen LogP contribution is 2.18. The van der Waals surface area contributed by atoms with Crippen LogP contribution in [0.15, 0.2) is 22.7 Å². The van der Waals surface area contributed by atoms with Gasteiger partial charge in [0.15, 0.2) is 0 Å². The number of benzene rings is 1. The molecule has 1 N–H and O–H groups in total. The van der Waals surface area contributed by atoms with Crippen molar-refractivity contribution < 1.29 is 9.53 Å². The van der Waals surface area contributed by atoms with Crippen molar-refractivity contribution in [3.63, 3.8) is 0 Å². The SMILES string of the molecule is CCOC(=O)N1CCC(NCc2ccc(Br)c(C)c2)CC1. The highest BCUT2D eigenvalue weighted by molar-refractivity contribution is 9.10. The second-order valence-electron chi connectivity index (χ2n) is 5.42. The summed E-state index contributed by atoms with van der Waals surface area (Å²) in [4.78, 5) is 13.4. The van der Waals surface area contributed by atoms with Gasteiger partial charge in [0, 0.05) is 30.1 Å². The minimum atomic E-state index is -0.181. The van der Waals surface area contributed by atoms with Crippen LogP contribution in [0, 0.1) is 6.92 Å². The second kappa shape index (κ2) is 7.80. The number of hydrogen-bond acceptors (Lipinski definition) is 3. The van der Waals surface area contributed by atoms with Crippen molar-refractivity contribution in [2.75, 3.05) is 19.7 Å². The maximum absolute atomic E-state index is 11.6. The first-order valence-corrected chi connectivity index (χ1v) is 8.29. The quantitative estimate of drug-likeness (QED) is 0.899. The Kier molecular flexibility index (Phi) is 6.06. The number of rotatable bonds is 4. The van der Waals surface area contributed by atoms with Gasteiger partial charge in [-0.3, -0.25) is 0 Å². The van der Waals surface area contributed by atoms with E-state index in [9.17, 15) is 4.79 Å². The van der Waals surface area contributed by atoms with Crippen molar-refractivity contribution in [1.29, 1.82) is 0 Å². The van der Waals surface area contributed by atoms with E-state index >= 15 is 0 Å². The van der Waals surface area contributed by atoms with Gasteiger partial charge in [-0.05, 0) is 43.9 Å². The maximum Gasteiger partial charge on any atom is 0.409 e. The molecule has 0 radical (unpaired) electrons. The van der Waals surface area contributed by atoms with Gasteiger partial charge in [0.05, 0.1) is 6.61 Å². The molecule has 1 fully saturated rings. The fraction of sp³-hybridized carbons (Fsp3) is 0.562. The molecular formula is C16H23BrN2O2. The molecule has 0 unspecified atom stereocenters. The minimum Gasteiger partial charge on any atom is -0.450 e. The summed E-state index contributed by atoms with van der Waals surface area (Å²) >= 11 is 3.52. The number of nitrogens with zero attached hydrogens (tertiary/aromatic N) is 1. The van der Waals surface area contributed by atoms with Gasteiger partial charge in [-0.2, -0.15) is 0 Å². The molecule has 0 aromatic heterocycles. The lowest BCUT2D eigenvalue weighted by atomic mass is 10.0. The summed E-state index contributed by atoms with van der Waals surface area (Å²) in [6, 6.07) is 6.90. The van der Waals surface area contributed by atoms with Gasteiger partial charge >= 0.3 is 6.09 Å². The number of nitrogens with one attached hydrogen (secondary N) is 1. The summed E-state index contributed by atoms with van der Waals surface area (Å²) in [7, 11) is 0. The Morgan fingerprint density at radius 2 is 2.14 bits per heavy atom. The summed E-state index contributed by atoms with van der Waals surface area (Å²) in [5, 5.41) is 3.58. The number of carbonyl (C=O) groups is 1. The average molecular weight is 355 g/mol. The maximum atomic E-state index is 11.6. The van der Waals surface area contributed by atoms with E-state index in [0.29, 0.717) is 12.6 Å². The van der Waals surface area contributed by atoms with Crippen molar-refractivity contribution in [2.45, 2.75) is 39.3 Å². The number of aryl methyl sites for hydroxylation is 1. The largest absolute Gasteiger partial charge is 0.450 e. The predicted molar refractivity (Wildman–Crippen MR) is 87.3 cm³/mol. The third-order valence-electron chi connectivity index (χ3n) is 3.84. The van der Waals surface area contributed by atoms with E-state index in [4.69, 9.17) is 4.74 Å². The zero-order chi connectivity index (χ0) is 15.2.